The number of hydroxylamine groups is 1. The van der Waals surface area contributed by atoms with Crippen molar-refractivity contribution in [3.05, 3.63) is 29.1 Å². The van der Waals surface area contributed by atoms with Crippen molar-refractivity contribution in [1.82, 2.24) is 20.3 Å². The molecular weight excluding hydrogens is 304 g/mol. The van der Waals surface area contributed by atoms with Crippen molar-refractivity contribution >= 4 is 5.91 Å². The molecule has 2 aliphatic heterocycles. The van der Waals surface area contributed by atoms with Gasteiger partial charge in [-0.3, -0.25) is 19.9 Å². The summed E-state index contributed by atoms with van der Waals surface area (Å²) < 4.78 is 0. The van der Waals surface area contributed by atoms with Crippen LogP contribution in [0.4, 0.5) is 0 Å². The van der Waals surface area contributed by atoms with Crippen LogP contribution in [0.5, 0.6) is 0 Å². The van der Waals surface area contributed by atoms with Gasteiger partial charge < -0.3 is 4.90 Å². The molecule has 0 unspecified atom stereocenters. The van der Waals surface area contributed by atoms with E-state index in [1.165, 1.54) is 38.6 Å². The largest absolute Gasteiger partial charge is 0.301 e. The Balaban J connectivity index is 1.47. The van der Waals surface area contributed by atoms with Crippen LogP contribution in [0.25, 0.3) is 0 Å². The third-order valence-corrected chi connectivity index (χ3v) is 6.47. The number of amides is 1. The van der Waals surface area contributed by atoms with Gasteiger partial charge in [-0.05, 0) is 63.7 Å². The molecule has 0 bridgehead atoms. The van der Waals surface area contributed by atoms with Crippen LogP contribution in [0.15, 0.2) is 12.3 Å². The molecule has 1 amide bonds. The summed E-state index contributed by atoms with van der Waals surface area (Å²) in [7, 11) is 2.29. The minimum Gasteiger partial charge on any atom is -0.301 e. The highest BCUT2D eigenvalue weighted by Crippen LogP contribution is 2.45. The Hall–Kier alpha value is -1.50. The van der Waals surface area contributed by atoms with Gasteiger partial charge in [-0.2, -0.15) is 0 Å². The fourth-order valence-corrected chi connectivity index (χ4v) is 4.69. The summed E-state index contributed by atoms with van der Waals surface area (Å²) in [5.74, 6) is -0.491. The molecule has 3 heterocycles. The molecule has 6 nitrogen and oxygen atoms in total. The first kappa shape index (κ1) is 16.0. The maximum absolute atomic E-state index is 11.5. The number of likely N-dealkylation sites (tertiary alicyclic amines) is 1. The van der Waals surface area contributed by atoms with E-state index in [1.54, 1.807) is 11.7 Å². The molecule has 1 spiro atoms. The number of rotatable bonds is 2. The highest BCUT2D eigenvalue weighted by molar-refractivity contribution is 5.93. The van der Waals surface area contributed by atoms with E-state index in [0.717, 1.165) is 30.8 Å². The topological polar surface area (TPSA) is 68.7 Å². The Morgan fingerprint density at radius 2 is 2.25 bits per heavy atom. The number of hydrogen-bond donors (Lipinski definition) is 2. The van der Waals surface area contributed by atoms with Crippen molar-refractivity contribution in [2.45, 2.75) is 56.7 Å². The van der Waals surface area contributed by atoms with Crippen LogP contribution in [0.2, 0.25) is 0 Å². The minimum absolute atomic E-state index is 0.428. The van der Waals surface area contributed by atoms with Crippen LogP contribution >= 0.6 is 0 Å². The molecule has 2 N–H and O–H groups in total. The number of carbonyl (C=O) groups excluding carboxylic acids is 1. The van der Waals surface area contributed by atoms with Crippen molar-refractivity contribution in [3.8, 4) is 0 Å². The van der Waals surface area contributed by atoms with Gasteiger partial charge in [0.05, 0.1) is 11.3 Å². The van der Waals surface area contributed by atoms with Gasteiger partial charge in [-0.15, -0.1) is 0 Å². The summed E-state index contributed by atoms with van der Waals surface area (Å²) in [6.07, 6.45) is 9.08. The zero-order valence-corrected chi connectivity index (χ0v) is 14.3. The molecule has 3 aliphatic rings. The summed E-state index contributed by atoms with van der Waals surface area (Å²) >= 11 is 0. The van der Waals surface area contributed by atoms with Crippen molar-refractivity contribution in [1.29, 1.82) is 0 Å². The van der Waals surface area contributed by atoms with Crippen LogP contribution < -0.4 is 5.48 Å². The Morgan fingerprint density at radius 1 is 1.42 bits per heavy atom. The average Bonchev–Trinajstić information content (AvgIpc) is 2.59. The van der Waals surface area contributed by atoms with Gasteiger partial charge in [0.2, 0.25) is 0 Å². The second kappa shape index (κ2) is 6.10. The van der Waals surface area contributed by atoms with Crippen molar-refractivity contribution < 1.29 is 10.0 Å². The van der Waals surface area contributed by atoms with Crippen LogP contribution in [0.1, 0.15) is 53.7 Å². The lowest BCUT2D eigenvalue weighted by Gasteiger charge is -2.56. The van der Waals surface area contributed by atoms with Gasteiger partial charge in [0.1, 0.15) is 0 Å². The van der Waals surface area contributed by atoms with Crippen LogP contribution in [0.3, 0.4) is 0 Å². The number of piperidine rings is 1. The molecule has 6 heteroatoms. The number of aromatic nitrogens is 1. The standard InChI is InChI=1S/C18H26N4O2/c1-21-7-4-15(10-18(21)5-2-6-18)22-8-3-13-9-14(17(23)20-24)11-19-16(13)12-22/h9,11,15,24H,2-8,10,12H2,1H3,(H,20,23)/t15-/m0/s1. The highest BCUT2D eigenvalue weighted by Gasteiger charge is 2.46. The fraction of sp³-hybridized carbons (Fsp3) is 0.667. The molecule has 4 rings (SSSR count). The van der Waals surface area contributed by atoms with E-state index in [9.17, 15) is 4.79 Å². The molecule has 1 aliphatic carbocycles. The third-order valence-electron chi connectivity index (χ3n) is 6.47. The van der Waals surface area contributed by atoms with Crippen molar-refractivity contribution in [2.75, 3.05) is 20.1 Å². The highest BCUT2D eigenvalue weighted by atomic mass is 16.5. The Labute approximate surface area is 142 Å². The van der Waals surface area contributed by atoms with Gasteiger partial charge >= 0.3 is 0 Å². The van der Waals surface area contributed by atoms with Gasteiger partial charge in [0.25, 0.3) is 5.91 Å². The van der Waals surface area contributed by atoms with Gasteiger partial charge in [0, 0.05) is 30.9 Å². The first-order valence-electron chi connectivity index (χ1n) is 8.99. The number of pyridine rings is 1. The number of hydrogen-bond acceptors (Lipinski definition) is 5. The summed E-state index contributed by atoms with van der Waals surface area (Å²) in [5.41, 5.74) is 4.79. The molecule has 1 saturated carbocycles. The van der Waals surface area contributed by atoms with Crippen molar-refractivity contribution in [2.24, 2.45) is 0 Å². The lowest BCUT2D eigenvalue weighted by atomic mass is 9.68. The van der Waals surface area contributed by atoms with E-state index in [-0.39, 0.29) is 0 Å². The summed E-state index contributed by atoms with van der Waals surface area (Å²) in [4.78, 5) is 21.2. The smallest absolute Gasteiger partial charge is 0.276 e. The predicted octanol–water partition coefficient (Wildman–Crippen LogP) is 1.58. The summed E-state index contributed by atoms with van der Waals surface area (Å²) in [5, 5.41) is 8.76. The minimum atomic E-state index is -0.491. The number of nitrogens with one attached hydrogen (secondary N) is 1. The molecule has 0 radical (unpaired) electrons. The second-order valence-electron chi connectivity index (χ2n) is 7.64. The molecule has 24 heavy (non-hydrogen) atoms. The Kier molecular flexibility index (Phi) is 4.06. The SMILES string of the molecule is CN1CC[C@H](N2CCc3cc(C(=O)NO)cnc3C2)CC12CCC2. The van der Waals surface area contributed by atoms with E-state index in [2.05, 4.69) is 21.8 Å². The first-order valence-corrected chi connectivity index (χ1v) is 8.99. The van der Waals surface area contributed by atoms with E-state index in [4.69, 9.17) is 5.21 Å². The van der Waals surface area contributed by atoms with Gasteiger partial charge in [-0.25, -0.2) is 5.48 Å². The predicted molar refractivity (Wildman–Crippen MR) is 89.8 cm³/mol. The lowest BCUT2D eigenvalue weighted by Crippen LogP contribution is -2.60. The van der Waals surface area contributed by atoms with E-state index < -0.39 is 5.91 Å². The third kappa shape index (κ3) is 2.62. The number of fused-ring (bicyclic) bond motifs is 1. The molecular formula is C18H26N4O2. The Bertz CT molecular complexity index is 644. The first-order chi connectivity index (χ1) is 11.6. The maximum atomic E-state index is 11.5. The van der Waals surface area contributed by atoms with Crippen LogP contribution in [-0.2, 0) is 13.0 Å². The average molecular weight is 330 g/mol. The maximum Gasteiger partial charge on any atom is 0.276 e. The Morgan fingerprint density at radius 3 is 2.96 bits per heavy atom. The zero-order chi connectivity index (χ0) is 16.7. The van der Waals surface area contributed by atoms with Gasteiger partial charge in [-0.1, -0.05) is 0 Å². The van der Waals surface area contributed by atoms with Gasteiger partial charge in [0.15, 0.2) is 0 Å². The molecule has 2 fully saturated rings. The molecule has 1 atom stereocenters. The second-order valence-corrected chi connectivity index (χ2v) is 7.64. The molecule has 130 valence electrons. The zero-order valence-electron chi connectivity index (χ0n) is 14.3. The quantitative estimate of drug-likeness (QED) is 0.636. The molecule has 1 aromatic heterocycles. The fourth-order valence-electron chi connectivity index (χ4n) is 4.69. The molecule has 0 aromatic carbocycles. The normalized spacial score (nSPS) is 26.7. The van der Waals surface area contributed by atoms with Crippen molar-refractivity contribution in [3.63, 3.8) is 0 Å². The van der Waals surface area contributed by atoms with E-state index in [1.807, 2.05) is 6.07 Å². The van der Waals surface area contributed by atoms with Crippen LogP contribution in [-0.4, -0.2) is 57.6 Å². The van der Waals surface area contributed by atoms with Crippen LogP contribution in [0, 0.1) is 0 Å². The van der Waals surface area contributed by atoms with E-state index >= 15 is 0 Å². The molecule has 1 saturated heterocycles. The summed E-state index contributed by atoms with van der Waals surface area (Å²) in [6.45, 7) is 3.10. The number of carbonyl (C=O) groups is 1. The summed E-state index contributed by atoms with van der Waals surface area (Å²) in [6, 6.07) is 2.52. The molecule has 1 aromatic rings. The lowest BCUT2D eigenvalue weighted by molar-refractivity contribution is -0.0387. The number of nitrogens with zero attached hydrogens (tertiary/aromatic N) is 3. The monoisotopic (exact) mass is 330 g/mol. The van der Waals surface area contributed by atoms with E-state index in [0.29, 0.717) is 17.1 Å².